The van der Waals surface area contributed by atoms with Crippen molar-refractivity contribution in [3.05, 3.63) is 0 Å². The number of carbonyl (C=O) groups is 1. The molecule has 0 atom stereocenters. The van der Waals surface area contributed by atoms with E-state index < -0.39 is 14.2 Å². The molecular formula is C11H23NO3Si. The zero-order valence-corrected chi connectivity index (χ0v) is 11.6. The van der Waals surface area contributed by atoms with Gasteiger partial charge >= 0.3 is 6.16 Å². The maximum atomic E-state index is 11.3. The second-order valence-corrected chi connectivity index (χ2v) is 11.1. The average molecular weight is 245 g/mol. The van der Waals surface area contributed by atoms with Gasteiger partial charge in [0, 0.05) is 21.2 Å². The summed E-state index contributed by atoms with van der Waals surface area (Å²) in [6, 6.07) is 0.988. The van der Waals surface area contributed by atoms with Crippen LogP contribution in [0.3, 0.4) is 0 Å². The van der Waals surface area contributed by atoms with E-state index in [4.69, 9.17) is 9.57 Å². The van der Waals surface area contributed by atoms with Crippen LogP contribution in [0.2, 0.25) is 25.7 Å². The number of carbonyl (C=O) groups excluding carboxylic acids is 1. The molecule has 1 fully saturated rings. The normalized spacial score (nSPS) is 18.2. The van der Waals surface area contributed by atoms with Gasteiger partial charge in [0.25, 0.3) is 0 Å². The first-order valence-electron chi connectivity index (χ1n) is 6.07. The highest BCUT2D eigenvalue weighted by Crippen LogP contribution is 2.11. The summed E-state index contributed by atoms with van der Waals surface area (Å²) in [5, 5.41) is 1.71. The third kappa shape index (κ3) is 6.12. The lowest BCUT2D eigenvalue weighted by molar-refractivity contribution is -0.136. The average Bonchev–Trinajstić information content (AvgIpc) is 2.17. The fraction of sp³-hybridized carbons (Fsp3) is 0.909. The van der Waals surface area contributed by atoms with Crippen LogP contribution in [0.15, 0.2) is 0 Å². The first kappa shape index (κ1) is 13.5. The van der Waals surface area contributed by atoms with E-state index in [1.54, 1.807) is 5.06 Å². The van der Waals surface area contributed by atoms with Gasteiger partial charge in [-0.3, -0.25) is 0 Å². The van der Waals surface area contributed by atoms with E-state index in [2.05, 4.69) is 19.6 Å². The summed E-state index contributed by atoms with van der Waals surface area (Å²) >= 11 is 0. The quantitative estimate of drug-likeness (QED) is 0.564. The molecule has 0 aromatic heterocycles. The third-order valence-corrected chi connectivity index (χ3v) is 4.29. The summed E-state index contributed by atoms with van der Waals surface area (Å²) < 4.78 is 5.05. The lowest BCUT2D eigenvalue weighted by atomic mass is 10.2. The Morgan fingerprint density at radius 1 is 1.19 bits per heavy atom. The second-order valence-electron chi connectivity index (χ2n) is 5.49. The third-order valence-electron chi connectivity index (χ3n) is 2.59. The van der Waals surface area contributed by atoms with E-state index in [1.165, 1.54) is 6.42 Å². The van der Waals surface area contributed by atoms with Gasteiger partial charge < -0.3 is 9.57 Å². The van der Waals surface area contributed by atoms with Gasteiger partial charge in [-0.2, -0.15) is 0 Å². The predicted octanol–water partition coefficient (Wildman–Crippen LogP) is 2.88. The largest absolute Gasteiger partial charge is 0.527 e. The monoisotopic (exact) mass is 245 g/mol. The van der Waals surface area contributed by atoms with Crippen LogP contribution in [0.1, 0.15) is 19.3 Å². The number of piperidine rings is 1. The molecule has 1 aliphatic rings. The highest BCUT2D eigenvalue weighted by molar-refractivity contribution is 6.76. The first-order valence-corrected chi connectivity index (χ1v) is 9.78. The molecule has 4 nitrogen and oxygen atoms in total. The Balaban J connectivity index is 2.10. The minimum absolute atomic E-state index is 0.488. The fourth-order valence-electron chi connectivity index (χ4n) is 1.53. The topological polar surface area (TPSA) is 38.8 Å². The van der Waals surface area contributed by atoms with E-state index in [0.29, 0.717) is 6.61 Å². The lowest BCUT2D eigenvalue weighted by Gasteiger charge is -2.24. The van der Waals surface area contributed by atoms with Crippen molar-refractivity contribution >= 4 is 14.2 Å². The van der Waals surface area contributed by atoms with Crippen LogP contribution in [0.4, 0.5) is 4.79 Å². The van der Waals surface area contributed by atoms with Crippen molar-refractivity contribution in [3.8, 4) is 0 Å². The van der Waals surface area contributed by atoms with Crippen molar-refractivity contribution in [2.75, 3.05) is 19.7 Å². The van der Waals surface area contributed by atoms with Crippen molar-refractivity contribution in [1.82, 2.24) is 5.06 Å². The molecule has 0 amide bonds. The highest BCUT2D eigenvalue weighted by atomic mass is 28.3. The van der Waals surface area contributed by atoms with Gasteiger partial charge in [-0.1, -0.05) is 26.1 Å². The van der Waals surface area contributed by atoms with E-state index in [-0.39, 0.29) is 0 Å². The minimum atomic E-state index is -1.12. The van der Waals surface area contributed by atoms with Crippen molar-refractivity contribution in [2.24, 2.45) is 0 Å². The zero-order chi connectivity index (χ0) is 12.0. The van der Waals surface area contributed by atoms with Gasteiger partial charge in [0.2, 0.25) is 0 Å². The molecule has 0 unspecified atom stereocenters. The molecule has 0 spiro atoms. The van der Waals surface area contributed by atoms with Crippen LogP contribution >= 0.6 is 0 Å². The number of hydroxylamine groups is 2. The van der Waals surface area contributed by atoms with Crippen LogP contribution in [-0.4, -0.2) is 39.0 Å². The van der Waals surface area contributed by atoms with Gasteiger partial charge in [0.05, 0.1) is 6.61 Å². The molecule has 0 bridgehead atoms. The Labute approximate surface area is 98.9 Å². The van der Waals surface area contributed by atoms with Crippen LogP contribution < -0.4 is 0 Å². The maximum absolute atomic E-state index is 11.3. The summed E-state index contributed by atoms with van der Waals surface area (Å²) in [6.07, 6.45) is 2.88. The molecule has 16 heavy (non-hydrogen) atoms. The summed E-state index contributed by atoms with van der Waals surface area (Å²) in [5.41, 5.74) is 0. The zero-order valence-electron chi connectivity index (χ0n) is 10.6. The lowest BCUT2D eigenvalue weighted by Crippen LogP contribution is -2.33. The highest BCUT2D eigenvalue weighted by Gasteiger charge is 2.17. The Bertz CT molecular complexity index is 222. The molecule has 0 radical (unpaired) electrons. The van der Waals surface area contributed by atoms with E-state index in [0.717, 1.165) is 32.0 Å². The molecular weight excluding hydrogens is 222 g/mol. The van der Waals surface area contributed by atoms with Gasteiger partial charge in [-0.05, 0) is 18.9 Å². The summed E-state index contributed by atoms with van der Waals surface area (Å²) in [4.78, 5) is 16.4. The minimum Gasteiger partial charge on any atom is -0.433 e. The Morgan fingerprint density at radius 2 is 1.81 bits per heavy atom. The SMILES string of the molecule is C[Si](C)(C)CCOC(=O)ON1CCCCC1. The molecule has 94 valence electrons. The van der Waals surface area contributed by atoms with Gasteiger partial charge in [0.15, 0.2) is 0 Å². The smallest absolute Gasteiger partial charge is 0.433 e. The van der Waals surface area contributed by atoms with Gasteiger partial charge in [-0.25, -0.2) is 4.79 Å². The maximum Gasteiger partial charge on any atom is 0.527 e. The molecule has 0 aromatic carbocycles. The second kappa shape index (κ2) is 6.25. The molecule has 0 aromatic rings. The molecule has 1 heterocycles. The first-order chi connectivity index (χ1) is 7.47. The number of hydrogen-bond acceptors (Lipinski definition) is 4. The molecule has 5 heteroatoms. The standard InChI is InChI=1S/C11H23NO3Si/c1-16(2,3)10-9-14-11(13)15-12-7-5-4-6-8-12/h4-10H2,1-3H3. The van der Waals surface area contributed by atoms with Crippen molar-refractivity contribution in [1.29, 1.82) is 0 Å². The van der Waals surface area contributed by atoms with Gasteiger partial charge in [0.1, 0.15) is 0 Å². The molecule has 1 aliphatic heterocycles. The summed E-state index contributed by atoms with van der Waals surface area (Å²) in [7, 11) is -1.12. The van der Waals surface area contributed by atoms with Crippen LogP contribution in [0, 0.1) is 0 Å². The Hall–Kier alpha value is -0.553. The summed E-state index contributed by atoms with van der Waals surface area (Å²) in [5.74, 6) is 0. The number of rotatable bonds is 4. The molecule has 1 rings (SSSR count). The molecule has 0 N–H and O–H groups in total. The predicted molar refractivity (Wildman–Crippen MR) is 66.0 cm³/mol. The van der Waals surface area contributed by atoms with Crippen LogP contribution in [0.25, 0.3) is 0 Å². The molecule has 1 saturated heterocycles. The molecule has 0 saturated carbocycles. The fourth-order valence-corrected chi connectivity index (χ4v) is 2.24. The number of hydrogen-bond donors (Lipinski definition) is 0. The van der Waals surface area contributed by atoms with Crippen molar-refractivity contribution in [2.45, 2.75) is 44.9 Å². The van der Waals surface area contributed by atoms with Crippen molar-refractivity contribution in [3.63, 3.8) is 0 Å². The van der Waals surface area contributed by atoms with Gasteiger partial charge in [-0.15, -0.1) is 5.06 Å². The Morgan fingerprint density at radius 3 is 2.38 bits per heavy atom. The number of ether oxygens (including phenoxy) is 1. The van der Waals surface area contributed by atoms with E-state index in [1.807, 2.05) is 0 Å². The van der Waals surface area contributed by atoms with Crippen LogP contribution in [0.5, 0.6) is 0 Å². The number of nitrogens with zero attached hydrogens (tertiary/aromatic N) is 1. The van der Waals surface area contributed by atoms with E-state index in [9.17, 15) is 4.79 Å². The van der Waals surface area contributed by atoms with E-state index >= 15 is 0 Å². The van der Waals surface area contributed by atoms with Crippen LogP contribution in [-0.2, 0) is 9.57 Å². The van der Waals surface area contributed by atoms with Crippen molar-refractivity contribution < 1.29 is 14.4 Å². The summed E-state index contributed by atoms with van der Waals surface area (Å²) in [6.45, 7) is 8.93. The molecule has 0 aliphatic carbocycles. The Kier molecular flexibility index (Phi) is 5.28.